The molecule has 5 nitrogen and oxygen atoms in total. The quantitative estimate of drug-likeness (QED) is 0.872. The van der Waals surface area contributed by atoms with Crippen LogP contribution < -0.4 is 5.32 Å². The van der Waals surface area contributed by atoms with Crippen LogP contribution in [0.25, 0.3) is 0 Å². The number of rotatable bonds is 6. The Morgan fingerprint density at radius 2 is 2.20 bits per heavy atom. The first kappa shape index (κ1) is 14.1. The van der Waals surface area contributed by atoms with Gasteiger partial charge in [0.05, 0.1) is 11.6 Å². The normalized spacial score (nSPS) is 10.5. The average Bonchev–Trinajstić information content (AvgIpc) is 2.91. The molecule has 0 saturated heterocycles. The minimum atomic E-state index is 0.422. The van der Waals surface area contributed by atoms with Gasteiger partial charge in [-0.2, -0.15) is 5.26 Å². The summed E-state index contributed by atoms with van der Waals surface area (Å²) >= 11 is 0. The van der Waals surface area contributed by atoms with E-state index in [1.54, 1.807) is 6.07 Å². The number of hydrogen-bond acceptors (Lipinski definition) is 5. The summed E-state index contributed by atoms with van der Waals surface area (Å²) in [6.07, 6.45) is 1.84. The topological polar surface area (TPSA) is 74.7 Å². The van der Waals surface area contributed by atoms with Gasteiger partial charge >= 0.3 is 6.01 Å². The third-order valence-electron chi connectivity index (χ3n) is 2.90. The van der Waals surface area contributed by atoms with Gasteiger partial charge in [-0.1, -0.05) is 31.1 Å². The van der Waals surface area contributed by atoms with Crippen LogP contribution in [0, 0.1) is 17.2 Å². The Kier molecular flexibility index (Phi) is 4.72. The molecule has 1 N–H and O–H groups in total. The van der Waals surface area contributed by atoms with Crippen LogP contribution in [0.3, 0.4) is 0 Å². The number of hydrogen-bond donors (Lipinski definition) is 1. The van der Waals surface area contributed by atoms with Crippen molar-refractivity contribution in [3.8, 4) is 6.07 Å². The minimum Gasteiger partial charge on any atom is -0.408 e. The molecular formula is C15H18N4O. The predicted octanol–water partition coefficient (Wildman–Crippen LogP) is 3.14. The zero-order valence-electron chi connectivity index (χ0n) is 11.8. The predicted molar refractivity (Wildman–Crippen MR) is 75.9 cm³/mol. The molecule has 1 aromatic carbocycles. The van der Waals surface area contributed by atoms with Gasteiger partial charge in [-0.05, 0) is 30.0 Å². The Bertz CT molecular complexity index is 598. The lowest BCUT2D eigenvalue weighted by Crippen LogP contribution is -1.99. The molecule has 104 valence electrons. The van der Waals surface area contributed by atoms with Crippen molar-refractivity contribution in [2.45, 2.75) is 33.2 Å². The van der Waals surface area contributed by atoms with Crippen molar-refractivity contribution in [3.05, 3.63) is 41.3 Å². The molecule has 0 aliphatic heterocycles. The molecule has 0 amide bonds. The molecule has 1 aromatic heterocycles. The second kappa shape index (κ2) is 6.71. The molecule has 0 atom stereocenters. The van der Waals surface area contributed by atoms with Gasteiger partial charge in [-0.3, -0.25) is 0 Å². The van der Waals surface area contributed by atoms with Crippen LogP contribution in [0.2, 0.25) is 0 Å². The molecule has 1 heterocycles. The Hall–Kier alpha value is -2.35. The highest BCUT2D eigenvalue weighted by Gasteiger charge is 2.06. The summed E-state index contributed by atoms with van der Waals surface area (Å²) in [4.78, 5) is 0. The number of nitriles is 1. The van der Waals surface area contributed by atoms with Gasteiger partial charge < -0.3 is 9.73 Å². The fourth-order valence-corrected chi connectivity index (χ4v) is 1.77. The van der Waals surface area contributed by atoms with Crippen LogP contribution >= 0.6 is 0 Å². The SMILES string of the molecule is CC(C)CCc1nnc(NCc2cccc(C#N)c2)o1. The second-order valence-electron chi connectivity index (χ2n) is 5.10. The molecule has 5 heteroatoms. The number of nitrogens with zero attached hydrogens (tertiary/aromatic N) is 3. The van der Waals surface area contributed by atoms with Gasteiger partial charge in [0.1, 0.15) is 0 Å². The molecule has 0 radical (unpaired) electrons. The molecule has 0 spiro atoms. The Labute approximate surface area is 118 Å². The lowest BCUT2D eigenvalue weighted by Gasteiger charge is -2.02. The Balaban J connectivity index is 1.89. The molecule has 0 bridgehead atoms. The summed E-state index contributed by atoms with van der Waals surface area (Å²) in [6, 6.07) is 9.96. The largest absolute Gasteiger partial charge is 0.408 e. The van der Waals surface area contributed by atoms with Crippen molar-refractivity contribution in [2.24, 2.45) is 5.92 Å². The van der Waals surface area contributed by atoms with Crippen molar-refractivity contribution < 1.29 is 4.42 Å². The third kappa shape index (κ3) is 4.09. The highest BCUT2D eigenvalue weighted by atomic mass is 16.4. The summed E-state index contributed by atoms with van der Waals surface area (Å²) in [5.74, 6) is 1.28. The number of nitrogens with one attached hydrogen (secondary N) is 1. The number of benzene rings is 1. The number of aromatic nitrogens is 2. The monoisotopic (exact) mass is 270 g/mol. The van der Waals surface area contributed by atoms with Crippen LogP contribution in [0.5, 0.6) is 0 Å². The molecule has 0 aliphatic rings. The van der Waals surface area contributed by atoms with Crippen LogP contribution in [-0.2, 0) is 13.0 Å². The van der Waals surface area contributed by atoms with Crippen molar-refractivity contribution in [3.63, 3.8) is 0 Å². The van der Waals surface area contributed by atoms with E-state index in [1.165, 1.54) is 0 Å². The number of anilines is 1. The molecule has 20 heavy (non-hydrogen) atoms. The summed E-state index contributed by atoms with van der Waals surface area (Å²) in [5.41, 5.74) is 1.65. The van der Waals surface area contributed by atoms with E-state index in [0.717, 1.165) is 18.4 Å². The first-order chi connectivity index (χ1) is 9.67. The van der Waals surface area contributed by atoms with Gasteiger partial charge in [0.25, 0.3) is 0 Å². The first-order valence-corrected chi connectivity index (χ1v) is 6.72. The average molecular weight is 270 g/mol. The number of aryl methyl sites for hydroxylation is 1. The Morgan fingerprint density at radius 3 is 2.95 bits per heavy atom. The molecule has 0 aliphatic carbocycles. The summed E-state index contributed by atoms with van der Waals surface area (Å²) in [7, 11) is 0. The van der Waals surface area contributed by atoms with E-state index in [1.807, 2.05) is 18.2 Å². The van der Waals surface area contributed by atoms with E-state index >= 15 is 0 Å². The van der Waals surface area contributed by atoms with Crippen molar-refractivity contribution in [2.75, 3.05) is 5.32 Å². The summed E-state index contributed by atoms with van der Waals surface area (Å²) < 4.78 is 5.51. The van der Waals surface area contributed by atoms with Crippen LogP contribution in [0.15, 0.2) is 28.7 Å². The van der Waals surface area contributed by atoms with Crippen molar-refractivity contribution in [1.29, 1.82) is 5.26 Å². The summed E-state index contributed by atoms with van der Waals surface area (Å²) in [6.45, 7) is 4.89. The Morgan fingerprint density at radius 1 is 1.35 bits per heavy atom. The zero-order valence-corrected chi connectivity index (χ0v) is 11.8. The molecule has 2 rings (SSSR count). The highest BCUT2D eigenvalue weighted by Crippen LogP contribution is 2.12. The molecular weight excluding hydrogens is 252 g/mol. The van der Waals surface area contributed by atoms with E-state index in [-0.39, 0.29) is 0 Å². The van der Waals surface area contributed by atoms with E-state index in [2.05, 4.69) is 35.4 Å². The van der Waals surface area contributed by atoms with Gasteiger partial charge in [-0.15, -0.1) is 5.10 Å². The fraction of sp³-hybridized carbons (Fsp3) is 0.400. The lowest BCUT2D eigenvalue weighted by atomic mass is 10.1. The zero-order chi connectivity index (χ0) is 14.4. The van der Waals surface area contributed by atoms with E-state index in [0.29, 0.717) is 29.9 Å². The van der Waals surface area contributed by atoms with Crippen LogP contribution in [-0.4, -0.2) is 10.2 Å². The third-order valence-corrected chi connectivity index (χ3v) is 2.90. The van der Waals surface area contributed by atoms with E-state index in [4.69, 9.17) is 9.68 Å². The maximum atomic E-state index is 8.84. The molecule has 0 fully saturated rings. The molecule has 2 aromatic rings. The lowest BCUT2D eigenvalue weighted by molar-refractivity contribution is 0.469. The highest BCUT2D eigenvalue weighted by molar-refractivity contribution is 5.34. The summed E-state index contributed by atoms with van der Waals surface area (Å²) in [5, 5.41) is 19.9. The maximum Gasteiger partial charge on any atom is 0.315 e. The second-order valence-corrected chi connectivity index (χ2v) is 5.10. The molecule has 0 saturated carbocycles. The smallest absolute Gasteiger partial charge is 0.315 e. The van der Waals surface area contributed by atoms with E-state index < -0.39 is 0 Å². The van der Waals surface area contributed by atoms with Gasteiger partial charge in [-0.25, -0.2) is 0 Å². The van der Waals surface area contributed by atoms with E-state index in [9.17, 15) is 0 Å². The van der Waals surface area contributed by atoms with Crippen molar-refractivity contribution in [1.82, 2.24) is 10.2 Å². The standard InChI is InChI=1S/C15H18N4O/c1-11(2)6-7-14-18-19-15(20-14)17-10-13-5-3-4-12(8-13)9-16/h3-5,8,11H,6-7,10H2,1-2H3,(H,17,19). The fourth-order valence-electron chi connectivity index (χ4n) is 1.77. The van der Waals surface area contributed by atoms with Crippen LogP contribution in [0.1, 0.15) is 37.3 Å². The first-order valence-electron chi connectivity index (χ1n) is 6.72. The minimum absolute atomic E-state index is 0.422. The van der Waals surface area contributed by atoms with Gasteiger partial charge in [0, 0.05) is 13.0 Å². The maximum absolute atomic E-state index is 8.84. The van der Waals surface area contributed by atoms with Crippen molar-refractivity contribution >= 4 is 6.01 Å². The molecule has 0 unspecified atom stereocenters. The van der Waals surface area contributed by atoms with Crippen LogP contribution in [0.4, 0.5) is 6.01 Å². The van der Waals surface area contributed by atoms with Gasteiger partial charge in [0.2, 0.25) is 5.89 Å². The van der Waals surface area contributed by atoms with Gasteiger partial charge in [0.15, 0.2) is 0 Å².